The number of nitrogens with zero attached hydrogens (tertiary/aromatic N) is 2. The van der Waals surface area contributed by atoms with Crippen molar-refractivity contribution >= 4 is 0 Å². The highest BCUT2D eigenvalue weighted by atomic mass is 15.3. The van der Waals surface area contributed by atoms with Crippen LogP contribution in [0, 0.1) is 5.92 Å². The lowest BCUT2D eigenvalue weighted by Crippen LogP contribution is -2.48. The summed E-state index contributed by atoms with van der Waals surface area (Å²) in [5, 5.41) is 0. The van der Waals surface area contributed by atoms with Gasteiger partial charge in [0.05, 0.1) is 0 Å². The Balaban J connectivity index is 2.08. The molecule has 96 valence electrons. The number of piperazine rings is 1. The van der Waals surface area contributed by atoms with Crippen molar-refractivity contribution in [2.75, 3.05) is 45.8 Å². The minimum Gasteiger partial charge on any atom is -0.330 e. The molecule has 1 unspecified atom stereocenters. The molecule has 2 N–H and O–H groups in total. The fourth-order valence-corrected chi connectivity index (χ4v) is 2.30. The Morgan fingerprint density at radius 2 is 1.69 bits per heavy atom. The normalized spacial score (nSPS) is 21.2. The quantitative estimate of drug-likeness (QED) is 0.667. The first-order chi connectivity index (χ1) is 7.76. The van der Waals surface area contributed by atoms with Crippen molar-refractivity contribution in [1.29, 1.82) is 0 Å². The molecule has 0 spiro atoms. The van der Waals surface area contributed by atoms with Crippen molar-refractivity contribution in [2.24, 2.45) is 11.7 Å². The van der Waals surface area contributed by atoms with Gasteiger partial charge in [0.25, 0.3) is 0 Å². The van der Waals surface area contributed by atoms with E-state index in [1.807, 2.05) is 0 Å². The molecule has 0 aromatic carbocycles. The van der Waals surface area contributed by atoms with Crippen LogP contribution in [0.15, 0.2) is 0 Å². The monoisotopic (exact) mass is 227 g/mol. The van der Waals surface area contributed by atoms with Crippen LogP contribution in [0.3, 0.4) is 0 Å². The smallest absolute Gasteiger partial charge is 0.0110 e. The van der Waals surface area contributed by atoms with Crippen LogP contribution in [0.2, 0.25) is 0 Å². The fraction of sp³-hybridized carbons (Fsp3) is 1.00. The number of rotatable bonds is 7. The molecular formula is C13H29N3. The average molecular weight is 227 g/mol. The molecule has 3 heteroatoms. The Morgan fingerprint density at radius 1 is 1.06 bits per heavy atom. The molecule has 0 bridgehead atoms. The highest BCUT2D eigenvalue weighted by Crippen LogP contribution is 2.06. The molecular weight excluding hydrogens is 198 g/mol. The first kappa shape index (κ1) is 13.9. The lowest BCUT2D eigenvalue weighted by Gasteiger charge is -2.35. The molecule has 1 saturated heterocycles. The third kappa shape index (κ3) is 5.28. The van der Waals surface area contributed by atoms with E-state index >= 15 is 0 Å². The van der Waals surface area contributed by atoms with Gasteiger partial charge in [0.1, 0.15) is 0 Å². The summed E-state index contributed by atoms with van der Waals surface area (Å²) in [6.07, 6.45) is 4.08. The van der Waals surface area contributed by atoms with Gasteiger partial charge in [0, 0.05) is 32.7 Å². The van der Waals surface area contributed by atoms with E-state index in [4.69, 9.17) is 5.73 Å². The fourth-order valence-electron chi connectivity index (χ4n) is 2.30. The zero-order valence-corrected chi connectivity index (χ0v) is 11.1. The molecule has 0 aliphatic carbocycles. The van der Waals surface area contributed by atoms with Crippen LogP contribution < -0.4 is 5.73 Å². The highest BCUT2D eigenvalue weighted by Gasteiger charge is 2.17. The number of nitrogens with two attached hydrogens (primary N) is 1. The molecule has 0 saturated carbocycles. The van der Waals surface area contributed by atoms with Crippen LogP contribution in [0.5, 0.6) is 0 Å². The second-order valence-corrected chi connectivity index (χ2v) is 5.19. The van der Waals surface area contributed by atoms with Crippen molar-refractivity contribution < 1.29 is 0 Å². The standard InChI is InChI=1S/C13H29N3/c1-3-4-5-6-15-7-9-16(10-8-15)12-13(2)11-14/h13H,3-12,14H2,1-2H3. The molecule has 1 heterocycles. The third-order valence-corrected chi connectivity index (χ3v) is 3.52. The Kier molecular flexibility index (Phi) is 7.01. The van der Waals surface area contributed by atoms with Gasteiger partial charge in [-0.25, -0.2) is 0 Å². The molecule has 0 aromatic heterocycles. The van der Waals surface area contributed by atoms with Crippen LogP contribution >= 0.6 is 0 Å². The van der Waals surface area contributed by atoms with Crippen molar-refractivity contribution in [2.45, 2.75) is 33.1 Å². The Labute approximate surface area is 101 Å². The lowest BCUT2D eigenvalue weighted by atomic mass is 10.1. The first-order valence-corrected chi connectivity index (χ1v) is 6.91. The van der Waals surface area contributed by atoms with Gasteiger partial charge in [-0.1, -0.05) is 26.7 Å². The van der Waals surface area contributed by atoms with E-state index in [1.165, 1.54) is 58.5 Å². The summed E-state index contributed by atoms with van der Waals surface area (Å²) in [5.74, 6) is 0.645. The zero-order valence-electron chi connectivity index (χ0n) is 11.1. The first-order valence-electron chi connectivity index (χ1n) is 6.91. The molecule has 0 radical (unpaired) electrons. The Morgan fingerprint density at radius 3 is 2.25 bits per heavy atom. The minimum absolute atomic E-state index is 0.645. The maximum absolute atomic E-state index is 5.66. The summed E-state index contributed by atoms with van der Waals surface area (Å²) in [4.78, 5) is 5.17. The summed E-state index contributed by atoms with van der Waals surface area (Å²) < 4.78 is 0. The Bertz CT molecular complexity index is 165. The summed E-state index contributed by atoms with van der Waals surface area (Å²) in [5.41, 5.74) is 5.66. The molecule has 1 rings (SSSR count). The van der Waals surface area contributed by atoms with Gasteiger partial charge in [-0.15, -0.1) is 0 Å². The SMILES string of the molecule is CCCCCN1CCN(CC(C)CN)CC1. The van der Waals surface area contributed by atoms with Crippen LogP contribution in [0.1, 0.15) is 33.1 Å². The molecule has 1 aliphatic heterocycles. The molecule has 1 fully saturated rings. The Hall–Kier alpha value is -0.120. The molecule has 16 heavy (non-hydrogen) atoms. The van der Waals surface area contributed by atoms with Gasteiger partial charge in [-0.2, -0.15) is 0 Å². The van der Waals surface area contributed by atoms with E-state index in [0.29, 0.717) is 5.92 Å². The third-order valence-electron chi connectivity index (χ3n) is 3.52. The van der Waals surface area contributed by atoms with Gasteiger partial charge in [0.2, 0.25) is 0 Å². The van der Waals surface area contributed by atoms with E-state index in [1.54, 1.807) is 0 Å². The molecule has 0 aromatic rings. The van der Waals surface area contributed by atoms with Gasteiger partial charge in [0.15, 0.2) is 0 Å². The summed E-state index contributed by atoms with van der Waals surface area (Å²) in [6.45, 7) is 12.8. The molecule has 3 nitrogen and oxygen atoms in total. The van der Waals surface area contributed by atoms with E-state index < -0.39 is 0 Å². The predicted octanol–water partition coefficient (Wildman–Crippen LogP) is 1.39. The number of unbranched alkanes of at least 4 members (excludes halogenated alkanes) is 2. The van der Waals surface area contributed by atoms with E-state index in [0.717, 1.165) is 6.54 Å². The van der Waals surface area contributed by atoms with E-state index in [2.05, 4.69) is 23.6 Å². The average Bonchev–Trinajstić information content (AvgIpc) is 2.31. The molecule has 1 atom stereocenters. The lowest BCUT2D eigenvalue weighted by molar-refractivity contribution is 0.119. The van der Waals surface area contributed by atoms with Gasteiger partial charge < -0.3 is 15.5 Å². The number of hydrogen-bond donors (Lipinski definition) is 1. The predicted molar refractivity (Wildman–Crippen MR) is 70.6 cm³/mol. The van der Waals surface area contributed by atoms with E-state index in [9.17, 15) is 0 Å². The van der Waals surface area contributed by atoms with Crippen LogP contribution in [-0.4, -0.2) is 55.6 Å². The van der Waals surface area contributed by atoms with Gasteiger partial charge >= 0.3 is 0 Å². The summed E-state index contributed by atoms with van der Waals surface area (Å²) in [6, 6.07) is 0. The van der Waals surface area contributed by atoms with Crippen LogP contribution in [0.4, 0.5) is 0 Å². The number of hydrogen-bond acceptors (Lipinski definition) is 3. The van der Waals surface area contributed by atoms with Crippen molar-refractivity contribution in [3.05, 3.63) is 0 Å². The van der Waals surface area contributed by atoms with Gasteiger partial charge in [-0.3, -0.25) is 0 Å². The maximum atomic E-state index is 5.66. The second kappa shape index (κ2) is 8.04. The molecule has 1 aliphatic rings. The topological polar surface area (TPSA) is 32.5 Å². The van der Waals surface area contributed by atoms with E-state index in [-0.39, 0.29) is 0 Å². The largest absolute Gasteiger partial charge is 0.330 e. The minimum atomic E-state index is 0.645. The summed E-state index contributed by atoms with van der Waals surface area (Å²) >= 11 is 0. The summed E-state index contributed by atoms with van der Waals surface area (Å²) in [7, 11) is 0. The second-order valence-electron chi connectivity index (χ2n) is 5.19. The van der Waals surface area contributed by atoms with Crippen LogP contribution in [0.25, 0.3) is 0 Å². The van der Waals surface area contributed by atoms with Crippen molar-refractivity contribution in [3.63, 3.8) is 0 Å². The highest BCUT2D eigenvalue weighted by molar-refractivity contribution is 4.73. The maximum Gasteiger partial charge on any atom is 0.0110 e. The van der Waals surface area contributed by atoms with Crippen LogP contribution in [-0.2, 0) is 0 Å². The zero-order chi connectivity index (χ0) is 11.8. The van der Waals surface area contributed by atoms with Crippen molar-refractivity contribution in [3.8, 4) is 0 Å². The van der Waals surface area contributed by atoms with Crippen molar-refractivity contribution in [1.82, 2.24) is 9.80 Å². The van der Waals surface area contributed by atoms with Gasteiger partial charge in [-0.05, 0) is 25.4 Å². The molecule has 0 amide bonds.